The van der Waals surface area contributed by atoms with Crippen molar-refractivity contribution in [2.45, 2.75) is 45.6 Å². The number of carboxylic acid groups (broad SMARTS) is 1. The number of rotatable bonds is 4. The SMILES string of the molecule is CC1(C)CCC(Nc2nc(CC(=O)O)cs2)C1. The molecular formula is C12H18N2O2S. The van der Waals surface area contributed by atoms with Gasteiger partial charge in [0.25, 0.3) is 0 Å². The maximum absolute atomic E-state index is 10.6. The van der Waals surface area contributed by atoms with Crippen LogP contribution in [0.3, 0.4) is 0 Å². The molecule has 17 heavy (non-hydrogen) atoms. The second kappa shape index (κ2) is 4.64. The first-order valence-electron chi connectivity index (χ1n) is 5.87. The van der Waals surface area contributed by atoms with Crippen LogP contribution in [0.25, 0.3) is 0 Å². The number of anilines is 1. The summed E-state index contributed by atoms with van der Waals surface area (Å²) >= 11 is 1.49. The number of hydrogen-bond donors (Lipinski definition) is 2. The van der Waals surface area contributed by atoms with Gasteiger partial charge in [-0.05, 0) is 24.7 Å². The van der Waals surface area contributed by atoms with E-state index in [-0.39, 0.29) is 6.42 Å². The third-order valence-corrected chi connectivity index (χ3v) is 4.00. The lowest BCUT2D eigenvalue weighted by molar-refractivity contribution is -0.136. The highest BCUT2D eigenvalue weighted by Crippen LogP contribution is 2.38. The highest BCUT2D eigenvalue weighted by molar-refractivity contribution is 7.13. The van der Waals surface area contributed by atoms with E-state index in [2.05, 4.69) is 24.1 Å². The van der Waals surface area contributed by atoms with E-state index in [0.717, 1.165) is 11.6 Å². The number of hydrogen-bond acceptors (Lipinski definition) is 4. The minimum absolute atomic E-state index is 0.00827. The fourth-order valence-corrected chi connectivity index (χ4v) is 3.13. The summed E-state index contributed by atoms with van der Waals surface area (Å²) in [6.07, 6.45) is 3.56. The summed E-state index contributed by atoms with van der Waals surface area (Å²) in [5.41, 5.74) is 1.06. The molecule has 0 spiro atoms. The van der Waals surface area contributed by atoms with Gasteiger partial charge in [0.1, 0.15) is 0 Å². The number of aliphatic carboxylic acids is 1. The molecule has 0 bridgehead atoms. The molecule has 0 amide bonds. The molecule has 1 aromatic rings. The van der Waals surface area contributed by atoms with E-state index in [9.17, 15) is 4.79 Å². The average Bonchev–Trinajstić information content (AvgIpc) is 2.73. The molecule has 2 rings (SSSR count). The van der Waals surface area contributed by atoms with E-state index in [4.69, 9.17) is 5.11 Å². The lowest BCUT2D eigenvalue weighted by Gasteiger charge is -2.17. The maximum Gasteiger partial charge on any atom is 0.309 e. The van der Waals surface area contributed by atoms with Crippen molar-refractivity contribution in [2.24, 2.45) is 5.41 Å². The summed E-state index contributed by atoms with van der Waals surface area (Å²) in [5, 5.41) is 14.7. The van der Waals surface area contributed by atoms with Crippen LogP contribution in [-0.4, -0.2) is 22.1 Å². The Morgan fingerprint density at radius 3 is 3.06 bits per heavy atom. The zero-order valence-corrected chi connectivity index (χ0v) is 11.0. The van der Waals surface area contributed by atoms with Crippen LogP contribution >= 0.6 is 11.3 Å². The van der Waals surface area contributed by atoms with Crippen LogP contribution in [0.1, 0.15) is 38.8 Å². The van der Waals surface area contributed by atoms with Crippen LogP contribution < -0.4 is 5.32 Å². The summed E-state index contributed by atoms with van der Waals surface area (Å²) < 4.78 is 0. The molecule has 0 aromatic carbocycles. The highest BCUT2D eigenvalue weighted by atomic mass is 32.1. The number of carbonyl (C=O) groups is 1. The first-order chi connectivity index (χ1) is 7.94. The van der Waals surface area contributed by atoms with Gasteiger partial charge >= 0.3 is 5.97 Å². The van der Waals surface area contributed by atoms with Gasteiger partial charge in [0.15, 0.2) is 5.13 Å². The Morgan fingerprint density at radius 1 is 1.71 bits per heavy atom. The van der Waals surface area contributed by atoms with Crippen molar-refractivity contribution in [2.75, 3.05) is 5.32 Å². The molecule has 4 nitrogen and oxygen atoms in total. The van der Waals surface area contributed by atoms with Gasteiger partial charge in [0.05, 0.1) is 12.1 Å². The summed E-state index contributed by atoms with van der Waals surface area (Å²) in [6, 6.07) is 0.480. The topological polar surface area (TPSA) is 62.2 Å². The molecule has 1 heterocycles. The highest BCUT2D eigenvalue weighted by Gasteiger charge is 2.31. The van der Waals surface area contributed by atoms with Crippen molar-refractivity contribution in [3.63, 3.8) is 0 Å². The van der Waals surface area contributed by atoms with Gasteiger partial charge in [-0.25, -0.2) is 4.98 Å². The van der Waals surface area contributed by atoms with E-state index < -0.39 is 5.97 Å². The Hall–Kier alpha value is -1.10. The number of nitrogens with one attached hydrogen (secondary N) is 1. The van der Waals surface area contributed by atoms with Crippen LogP contribution in [-0.2, 0) is 11.2 Å². The Kier molecular flexibility index (Phi) is 3.38. The van der Waals surface area contributed by atoms with Crippen molar-refractivity contribution >= 4 is 22.4 Å². The van der Waals surface area contributed by atoms with Crippen LogP contribution in [0.2, 0.25) is 0 Å². The fourth-order valence-electron chi connectivity index (χ4n) is 2.34. The molecule has 1 aromatic heterocycles. The molecule has 1 atom stereocenters. The Morgan fingerprint density at radius 2 is 2.47 bits per heavy atom. The molecule has 0 radical (unpaired) electrons. The van der Waals surface area contributed by atoms with E-state index in [1.54, 1.807) is 0 Å². The number of aromatic nitrogens is 1. The van der Waals surface area contributed by atoms with Gasteiger partial charge in [0.2, 0.25) is 0 Å². The summed E-state index contributed by atoms with van der Waals surface area (Å²) in [4.78, 5) is 14.8. The fraction of sp³-hybridized carbons (Fsp3) is 0.667. The zero-order valence-electron chi connectivity index (χ0n) is 10.2. The molecule has 94 valence electrons. The van der Waals surface area contributed by atoms with Crippen molar-refractivity contribution < 1.29 is 9.90 Å². The Balaban J connectivity index is 1.91. The lowest BCUT2D eigenvalue weighted by atomic mass is 9.92. The lowest BCUT2D eigenvalue weighted by Crippen LogP contribution is -2.17. The molecule has 1 unspecified atom stereocenters. The predicted molar refractivity (Wildman–Crippen MR) is 68.5 cm³/mol. The molecule has 5 heteroatoms. The van der Waals surface area contributed by atoms with Crippen LogP contribution in [0.4, 0.5) is 5.13 Å². The largest absolute Gasteiger partial charge is 0.481 e. The molecule has 1 aliphatic rings. The van der Waals surface area contributed by atoms with Crippen molar-refractivity contribution in [1.82, 2.24) is 4.98 Å². The molecule has 1 saturated carbocycles. The minimum Gasteiger partial charge on any atom is -0.481 e. The van der Waals surface area contributed by atoms with Crippen LogP contribution in [0.5, 0.6) is 0 Å². The van der Waals surface area contributed by atoms with Crippen LogP contribution in [0.15, 0.2) is 5.38 Å². The molecule has 0 saturated heterocycles. The molecular weight excluding hydrogens is 236 g/mol. The van der Waals surface area contributed by atoms with Crippen LogP contribution in [0, 0.1) is 5.41 Å². The molecule has 1 fully saturated rings. The summed E-state index contributed by atoms with van der Waals surface area (Å²) in [7, 11) is 0. The number of nitrogens with zero attached hydrogens (tertiary/aromatic N) is 1. The first-order valence-corrected chi connectivity index (χ1v) is 6.75. The summed E-state index contributed by atoms with van der Waals surface area (Å²) in [5.74, 6) is -0.830. The van der Waals surface area contributed by atoms with Crippen molar-refractivity contribution in [3.05, 3.63) is 11.1 Å². The normalized spacial score (nSPS) is 22.6. The third-order valence-electron chi connectivity index (χ3n) is 3.18. The van der Waals surface area contributed by atoms with Gasteiger partial charge in [-0.2, -0.15) is 0 Å². The van der Waals surface area contributed by atoms with E-state index in [1.807, 2.05) is 5.38 Å². The minimum atomic E-state index is -0.830. The van der Waals surface area contributed by atoms with Gasteiger partial charge in [-0.3, -0.25) is 4.79 Å². The quantitative estimate of drug-likeness (QED) is 0.867. The predicted octanol–water partition coefficient (Wildman–Crippen LogP) is 2.76. The monoisotopic (exact) mass is 254 g/mol. The van der Waals surface area contributed by atoms with Gasteiger partial charge in [-0.1, -0.05) is 13.8 Å². The van der Waals surface area contributed by atoms with Gasteiger partial charge < -0.3 is 10.4 Å². The molecule has 1 aliphatic carbocycles. The van der Waals surface area contributed by atoms with E-state index >= 15 is 0 Å². The zero-order chi connectivity index (χ0) is 12.5. The van der Waals surface area contributed by atoms with Crippen molar-refractivity contribution in [3.8, 4) is 0 Å². The van der Waals surface area contributed by atoms with E-state index in [1.165, 1.54) is 24.2 Å². The summed E-state index contributed by atoms with van der Waals surface area (Å²) in [6.45, 7) is 4.57. The van der Waals surface area contributed by atoms with Gasteiger partial charge in [0, 0.05) is 11.4 Å². The standard InChI is InChI=1S/C12H18N2O2S/c1-12(2)4-3-8(6-12)13-11-14-9(7-17-11)5-10(15)16/h7-8H,3-6H2,1-2H3,(H,13,14)(H,15,16). The maximum atomic E-state index is 10.6. The number of carboxylic acids is 1. The number of thiazole rings is 1. The molecule has 2 N–H and O–H groups in total. The smallest absolute Gasteiger partial charge is 0.309 e. The third kappa shape index (κ3) is 3.43. The second-order valence-electron chi connectivity index (χ2n) is 5.46. The Labute approximate surface area is 105 Å². The van der Waals surface area contributed by atoms with Gasteiger partial charge in [-0.15, -0.1) is 11.3 Å². The second-order valence-corrected chi connectivity index (χ2v) is 6.32. The first kappa shape index (κ1) is 12.4. The van der Waals surface area contributed by atoms with E-state index in [0.29, 0.717) is 17.2 Å². The van der Waals surface area contributed by atoms with Crippen molar-refractivity contribution in [1.29, 1.82) is 0 Å². The average molecular weight is 254 g/mol. The Bertz CT molecular complexity index is 414. The molecule has 0 aliphatic heterocycles.